The first-order chi connectivity index (χ1) is 11.8. The Bertz CT molecular complexity index is 935. The minimum atomic E-state index is -0.570. The average Bonchev–Trinajstić information content (AvgIpc) is 2.78. The van der Waals surface area contributed by atoms with E-state index in [1.165, 1.54) is 0 Å². The molecule has 0 spiro atoms. The van der Waals surface area contributed by atoms with Crippen molar-refractivity contribution >= 4 is 46.4 Å². The third-order valence-corrected chi connectivity index (χ3v) is 5.06. The van der Waals surface area contributed by atoms with Crippen molar-refractivity contribution in [1.29, 1.82) is 0 Å². The van der Waals surface area contributed by atoms with Gasteiger partial charge in [-0.3, -0.25) is 9.59 Å². The predicted molar refractivity (Wildman–Crippen MR) is 101 cm³/mol. The fourth-order valence-electron chi connectivity index (χ4n) is 2.59. The average molecular weight is 375 g/mol. The molecule has 128 valence electrons. The molecule has 2 amide bonds. The van der Waals surface area contributed by atoms with Crippen LogP contribution < -0.4 is 10.2 Å². The molecule has 1 N–H and O–H groups in total. The zero-order chi connectivity index (χ0) is 18.3. The molecule has 4 nitrogen and oxygen atoms in total. The van der Waals surface area contributed by atoms with Gasteiger partial charge >= 0.3 is 0 Å². The number of nitrogens with one attached hydrogen (secondary N) is 1. The number of anilines is 2. The van der Waals surface area contributed by atoms with Gasteiger partial charge < -0.3 is 5.32 Å². The van der Waals surface area contributed by atoms with Crippen molar-refractivity contribution in [3.05, 3.63) is 68.8 Å². The first-order valence-corrected chi connectivity index (χ1v) is 8.45. The maximum Gasteiger partial charge on any atom is 0.283 e. The highest BCUT2D eigenvalue weighted by molar-refractivity contribution is 6.53. The second kappa shape index (κ2) is 6.54. The van der Waals surface area contributed by atoms with Crippen LogP contribution in [-0.4, -0.2) is 11.8 Å². The second-order valence-electron chi connectivity index (χ2n) is 5.94. The molecule has 3 rings (SSSR count). The van der Waals surface area contributed by atoms with Crippen LogP contribution in [0.2, 0.25) is 5.02 Å². The third kappa shape index (κ3) is 3.03. The SMILES string of the molecule is Cc1ccc(N2C(=O)C(Cl)=C(Nc3cccc(C)c3C)C2=O)cc1Cl. The van der Waals surface area contributed by atoms with Crippen molar-refractivity contribution in [1.82, 2.24) is 0 Å². The van der Waals surface area contributed by atoms with Crippen molar-refractivity contribution < 1.29 is 9.59 Å². The lowest BCUT2D eigenvalue weighted by Gasteiger charge is -2.16. The Kier molecular flexibility index (Phi) is 4.58. The molecule has 0 atom stereocenters. The van der Waals surface area contributed by atoms with Gasteiger partial charge in [0.1, 0.15) is 10.7 Å². The Morgan fingerprint density at radius 1 is 0.920 bits per heavy atom. The summed E-state index contributed by atoms with van der Waals surface area (Å²) >= 11 is 12.3. The number of hydrogen-bond acceptors (Lipinski definition) is 3. The number of aryl methyl sites for hydroxylation is 2. The zero-order valence-electron chi connectivity index (χ0n) is 14.0. The molecular formula is C19H16Cl2N2O2. The number of benzene rings is 2. The Hall–Kier alpha value is -2.30. The number of imide groups is 1. The monoisotopic (exact) mass is 374 g/mol. The van der Waals surface area contributed by atoms with Crippen molar-refractivity contribution in [3.8, 4) is 0 Å². The summed E-state index contributed by atoms with van der Waals surface area (Å²) in [5.41, 5.74) is 4.10. The zero-order valence-corrected chi connectivity index (χ0v) is 15.5. The first-order valence-electron chi connectivity index (χ1n) is 7.69. The highest BCUT2D eigenvalue weighted by Gasteiger charge is 2.39. The number of halogens is 2. The molecule has 0 saturated carbocycles. The van der Waals surface area contributed by atoms with Crippen LogP contribution in [0.5, 0.6) is 0 Å². The van der Waals surface area contributed by atoms with E-state index in [4.69, 9.17) is 23.2 Å². The van der Waals surface area contributed by atoms with Crippen LogP contribution in [-0.2, 0) is 9.59 Å². The van der Waals surface area contributed by atoms with Gasteiger partial charge in [-0.2, -0.15) is 0 Å². The molecule has 6 heteroatoms. The molecule has 2 aromatic carbocycles. The smallest absolute Gasteiger partial charge is 0.283 e. The standard InChI is InChI=1S/C19H16Cl2N2O2/c1-10-5-4-6-15(12(10)3)22-17-16(21)18(24)23(19(17)25)13-8-7-11(2)14(20)9-13/h4-9,22H,1-3H3. The van der Waals surface area contributed by atoms with Gasteiger partial charge in [0.15, 0.2) is 0 Å². The number of amides is 2. The first kappa shape index (κ1) is 17.5. The summed E-state index contributed by atoms with van der Waals surface area (Å²) in [4.78, 5) is 26.3. The Balaban J connectivity index is 1.96. The van der Waals surface area contributed by atoms with E-state index in [0.29, 0.717) is 10.7 Å². The molecule has 0 unspecified atom stereocenters. The fourth-order valence-corrected chi connectivity index (χ4v) is 2.98. The van der Waals surface area contributed by atoms with Gasteiger partial charge in [-0.25, -0.2) is 4.90 Å². The van der Waals surface area contributed by atoms with Gasteiger partial charge in [-0.1, -0.05) is 41.4 Å². The molecule has 25 heavy (non-hydrogen) atoms. The van der Waals surface area contributed by atoms with Crippen molar-refractivity contribution in [3.63, 3.8) is 0 Å². The van der Waals surface area contributed by atoms with E-state index >= 15 is 0 Å². The van der Waals surface area contributed by atoms with Crippen LogP contribution in [0.15, 0.2) is 47.1 Å². The van der Waals surface area contributed by atoms with Gasteiger partial charge in [-0.15, -0.1) is 0 Å². The normalized spacial score (nSPS) is 14.5. The van der Waals surface area contributed by atoms with Crippen LogP contribution >= 0.6 is 23.2 Å². The molecule has 1 aliphatic heterocycles. The summed E-state index contributed by atoms with van der Waals surface area (Å²) in [6, 6.07) is 10.7. The van der Waals surface area contributed by atoms with Gasteiger partial charge in [0.2, 0.25) is 0 Å². The summed E-state index contributed by atoms with van der Waals surface area (Å²) in [5, 5.41) is 3.35. The predicted octanol–water partition coefficient (Wildman–Crippen LogP) is 4.70. The highest BCUT2D eigenvalue weighted by Crippen LogP contribution is 2.33. The van der Waals surface area contributed by atoms with Gasteiger partial charge in [0, 0.05) is 10.7 Å². The van der Waals surface area contributed by atoms with E-state index in [2.05, 4.69) is 5.32 Å². The molecule has 2 aromatic rings. The molecule has 0 saturated heterocycles. The van der Waals surface area contributed by atoms with E-state index in [1.54, 1.807) is 18.2 Å². The second-order valence-corrected chi connectivity index (χ2v) is 6.73. The molecular weight excluding hydrogens is 359 g/mol. The van der Waals surface area contributed by atoms with Gasteiger partial charge in [-0.05, 0) is 55.7 Å². The van der Waals surface area contributed by atoms with E-state index in [9.17, 15) is 9.59 Å². The summed E-state index contributed by atoms with van der Waals surface area (Å²) in [5.74, 6) is -1.07. The Morgan fingerprint density at radius 2 is 1.64 bits per heavy atom. The minimum Gasteiger partial charge on any atom is -0.349 e. The maximum atomic E-state index is 12.8. The van der Waals surface area contributed by atoms with Crippen LogP contribution in [0.1, 0.15) is 16.7 Å². The molecule has 0 radical (unpaired) electrons. The van der Waals surface area contributed by atoms with Crippen LogP contribution in [0.25, 0.3) is 0 Å². The van der Waals surface area contributed by atoms with Crippen LogP contribution in [0.4, 0.5) is 11.4 Å². The van der Waals surface area contributed by atoms with Crippen molar-refractivity contribution in [2.24, 2.45) is 0 Å². The van der Waals surface area contributed by atoms with Crippen LogP contribution in [0, 0.1) is 20.8 Å². The van der Waals surface area contributed by atoms with Gasteiger partial charge in [0.25, 0.3) is 11.8 Å². The number of carbonyl (C=O) groups excluding carboxylic acids is 2. The van der Waals surface area contributed by atoms with E-state index < -0.39 is 11.8 Å². The van der Waals surface area contributed by atoms with Crippen molar-refractivity contribution in [2.75, 3.05) is 10.2 Å². The summed E-state index contributed by atoms with van der Waals surface area (Å²) < 4.78 is 0. The minimum absolute atomic E-state index is 0.0667. The van der Waals surface area contributed by atoms with Crippen molar-refractivity contribution in [2.45, 2.75) is 20.8 Å². The number of hydrogen-bond donors (Lipinski definition) is 1. The van der Waals surface area contributed by atoms with E-state index in [1.807, 2.05) is 39.0 Å². The molecule has 0 bridgehead atoms. The number of carbonyl (C=O) groups is 2. The molecule has 0 aliphatic carbocycles. The van der Waals surface area contributed by atoms with Gasteiger partial charge in [0.05, 0.1) is 5.69 Å². The molecule has 1 aliphatic rings. The Morgan fingerprint density at radius 3 is 2.32 bits per heavy atom. The Labute approximate surface area is 156 Å². The largest absolute Gasteiger partial charge is 0.349 e. The summed E-state index contributed by atoms with van der Waals surface area (Å²) in [6.45, 7) is 5.75. The highest BCUT2D eigenvalue weighted by atomic mass is 35.5. The molecule has 1 heterocycles. The number of rotatable bonds is 3. The summed E-state index contributed by atoms with van der Waals surface area (Å²) in [7, 11) is 0. The van der Waals surface area contributed by atoms with E-state index in [0.717, 1.165) is 27.3 Å². The molecule has 0 aromatic heterocycles. The molecule has 0 fully saturated rings. The topological polar surface area (TPSA) is 49.4 Å². The lowest BCUT2D eigenvalue weighted by molar-refractivity contribution is -0.120. The number of nitrogens with zero attached hydrogens (tertiary/aromatic N) is 1. The van der Waals surface area contributed by atoms with E-state index in [-0.39, 0.29) is 10.7 Å². The lowest BCUT2D eigenvalue weighted by atomic mass is 10.1. The summed E-state index contributed by atoms with van der Waals surface area (Å²) in [6.07, 6.45) is 0. The maximum absolute atomic E-state index is 12.8. The lowest BCUT2D eigenvalue weighted by Crippen LogP contribution is -2.32. The fraction of sp³-hybridized carbons (Fsp3) is 0.158. The third-order valence-electron chi connectivity index (χ3n) is 4.31. The van der Waals surface area contributed by atoms with Crippen LogP contribution in [0.3, 0.4) is 0 Å². The quantitative estimate of drug-likeness (QED) is 0.791.